The zero-order valence-corrected chi connectivity index (χ0v) is 18.3. The fourth-order valence-electron chi connectivity index (χ4n) is 3.14. The van der Waals surface area contributed by atoms with Crippen LogP contribution in [0.2, 0.25) is 0 Å². The Morgan fingerprint density at radius 3 is 2.10 bits per heavy atom. The van der Waals surface area contributed by atoms with Gasteiger partial charge in [-0.25, -0.2) is 9.59 Å². The van der Waals surface area contributed by atoms with Crippen LogP contribution in [-0.4, -0.2) is 64.7 Å². The molecule has 1 aliphatic rings. The van der Waals surface area contributed by atoms with Crippen molar-refractivity contribution in [1.82, 2.24) is 15.5 Å². The molecule has 1 saturated heterocycles. The number of amides is 3. The molecule has 0 bridgehead atoms. The van der Waals surface area contributed by atoms with Gasteiger partial charge in [-0.2, -0.15) is 0 Å². The van der Waals surface area contributed by atoms with Crippen LogP contribution in [0.25, 0.3) is 0 Å². The van der Waals surface area contributed by atoms with Gasteiger partial charge in [-0.1, -0.05) is 20.3 Å². The summed E-state index contributed by atoms with van der Waals surface area (Å²) >= 11 is 0. The molecule has 9 heteroatoms. The predicted octanol–water partition coefficient (Wildman–Crippen LogP) is 1.75. The molecular weight excluding hydrogens is 378 g/mol. The van der Waals surface area contributed by atoms with Gasteiger partial charge >= 0.3 is 12.1 Å². The normalized spacial score (nSPS) is 18.3. The van der Waals surface area contributed by atoms with Crippen molar-refractivity contribution < 1.29 is 29.0 Å². The van der Waals surface area contributed by atoms with E-state index in [1.54, 1.807) is 39.5 Å². The van der Waals surface area contributed by atoms with Crippen molar-refractivity contribution >= 4 is 23.9 Å². The van der Waals surface area contributed by atoms with Crippen molar-refractivity contribution in [1.29, 1.82) is 0 Å². The Labute approximate surface area is 172 Å². The van der Waals surface area contributed by atoms with E-state index in [1.165, 1.54) is 0 Å². The number of aliphatic carboxylic acids is 1. The molecule has 0 aliphatic carbocycles. The van der Waals surface area contributed by atoms with E-state index in [1.807, 2.05) is 6.92 Å². The molecule has 3 amide bonds. The van der Waals surface area contributed by atoms with Gasteiger partial charge < -0.3 is 25.4 Å². The van der Waals surface area contributed by atoms with Crippen molar-refractivity contribution in [3.05, 3.63) is 0 Å². The maximum absolute atomic E-state index is 12.5. The van der Waals surface area contributed by atoms with E-state index in [-0.39, 0.29) is 23.7 Å². The molecule has 0 saturated carbocycles. The van der Waals surface area contributed by atoms with Gasteiger partial charge in [0.25, 0.3) is 0 Å². The molecule has 1 fully saturated rings. The fourth-order valence-corrected chi connectivity index (χ4v) is 3.14. The lowest BCUT2D eigenvalue weighted by Crippen LogP contribution is -2.52. The molecule has 3 unspecified atom stereocenters. The van der Waals surface area contributed by atoms with Gasteiger partial charge in [0.2, 0.25) is 11.8 Å². The van der Waals surface area contributed by atoms with Crippen LogP contribution >= 0.6 is 0 Å². The fraction of sp³-hybridized carbons (Fsp3) is 0.800. The molecule has 9 nitrogen and oxygen atoms in total. The number of carboxylic acids is 1. The highest BCUT2D eigenvalue weighted by molar-refractivity contribution is 5.87. The topological polar surface area (TPSA) is 125 Å². The number of nitrogens with zero attached hydrogens (tertiary/aromatic N) is 1. The van der Waals surface area contributed by atoms with Gasteiger partial charge in [0.15, 0.2) is 0 Å². The second-order valence-corrected chi connectivity index (χ2v) is 8.68. The summed E-state index contributed by atoms with van der Waals surface area (Å²) in [7, 11) is 0. The molecule has 0 radical (unpaired) electrons. The van der Waals surface area contributed by atoms with E-state index in [9.17, 15) is 24.3 Å². The lowest BCUT2D eigenvalue weighted by atomic mass is 9.93. The standard InChI is InChI=1S/C20H35N3O6/c1-7-12(2)15(18(26)27)22-16(24)14-8-10-23(11-9-14)17(25)13(3)21-19(28)29-20(4,5)6/h12-15H,7-11H2,1-6H3,(H,21,28)(H,22,24)(H,26,27). The first-order valence-electron chi connectivity index (χ1n) is 10.2. The number of carboxylic acid groups (broad SMARTS) is 1. The molecule has 0 aromatic heterocycles. The summed E-state index contributed by atoms with van der Waals surface area (Å²) in [5.41, 5.74) is -0.651. The molecule has 0 aromatic carbocycles. The summed E-state index contributed by atoms with van der Waals surface area (Å²) in [6, 6.07) is -1.65. The van der Waals surface area contributed by atoms with Crippen molar-refractivity contribution in [2.24, 2.45) is 11.8 Å². The average Bonchev–Trinajstić information content (AvgIpc) is 2.62. The summed E-state index contributed by atoms with van der Waals surface area (Å²) in [5, 5.41) is 14.5. The van der Waals surface area contributed by atoms with E-state index in [4.69, 9.17) is 4.74 Å². The van der Waals surface area contributed by atoms with E-state index in [0.29, 0.717) is 32.4 Å². The number of rotatable bonds is 7. The Balaban J connectivity index is 2.54. The number of likely N-dealkylation sites (tertiary alicyclic amines) is 1. The minimum Gasteiger partial charge on any atom is -0.480 e. The number of carbonyl (C=O) groups excluding carboxylic acids is 3. The van der Waals surface area contributed by atoms with Gasteiger partial charge in [-0.3, -0.25) is 9.59 Å². The van der Waals surface area contributed by atoms with Crippen LogP contribution in [0.15, 0.2) is 0 Å². The lowest BCUT2D eigenvalue weighted by Gasteiger charge is -2.34. The largest absolute Gasteiger partial charge is 0.480 e. The maximum atomic E-state index is 12.5. The van der Waals surface area contributed by atoms with Crippen LogP contribution < -0.4 is 10.6 Å². The van der Waals surface area contributed by atoms with Gasteiger partial charge in [-0.15, -0.1) is 0 Å². The molecule has 1 heterocycles. The van der Waals surface area contributed by atoms with Crippen LogP contribution in [0.5, 0.6) is 0 Å². The molecule has 1 rings (SSSR count). The van der Waals surface area contributed by atoms with Crippen LogP contribution in [-0.2, 0) is 19.1 Å². The summed E-state index contributed by atoms with van der Waals surface area (Å²) in [6.45, 7) is 11.2. The Hall–Kier alpha value is -2.32. The van der Waals surface area contributed by atoms with Crippen molar-refractivity contribution in [3.8, 4) is 0 Å². The van der Waals surface area contributed by atoms with E-state index >= 15 is 0 Å². The molecule has 0 spiro atoms. The van der Waals surface area contributed by atoms with Crippen molar-refractivity contribution in [2.75, 3.05) is 13.1 Å². The van der Waals surface area contributed by atoms with Gasteiger partial charge in [0.1, 0.15) is 17.7 Å². The molecule has 0 aromatic rings. The zero-order valence-electron chi connectivity index (χ0n) is 18.3. The molecular formula is C20H35N3O6. The lowest BCUT2D eigenvalue weighted by molar-refractivity contribution is -0.144. The predicted molar refractivity (Wildman–Crippen MR) is 107 cm³/mol. The Bertz CT molecular complexity index is 608. The van der Waals surface area contributed by atoms with Crippen LogP contribution in [0.4, 0.5) is 4.79 Å². The number of nitrogens with one attached hydrogen (secondary N) is 2. The highest BCUT2D eigenvalue weighted by atomic mass is 16.6. The molecule has 166 valence electrons. The number of piperidine rings is 1. The third-order valence-corrected chi connectivity index (χ3v) is 5.06. The maximum Gasteiger partial charge on any atom is 0.408 e. The van der Waals surface area contributed by atoms with Crippen molar-refractivity contribution in [3.63, 3.8) is 0 Å². The summed E-state index contributed by atoms with van der Waals surface area (Å²) < 4.78 is 5.16. The minimum atomic E-state index is -1.04. The molecule has 3 atom stereocenters. The van der Waals surface area contributed by atoms with Gasteiger partial charge in [0, 0.05) is 19.0 Å². The molecule has 1 aliphatic heterocycles. The van der Waals surface area contributed by atoms with Gasteiger partial charge in [0.05, 0.1) is 0 Å². The van der Waals surface area contributed by atoms with Crippen LogP contribution in [0, 0.1) is 11.8 Å². The number of hydrogen-bond donors (Lipinski definition) is 3. The van der Waals surface area contributed by atoms with Crippen LogP contribution in [0.3, 0.4) is 0 Å². The molecule has 29 heavy (non-hydrogen) atoms. The van der Waals surface area contributed by atoms with E-state index < -0.39 is 29.7 Å². The number of alkyl carbamates (subject to hydrolysis) is 1. The number of hydrogen-bond acceptors (Lipinski definition) is 5. The third kappa shape index (κ3) is 7.91. The second-order valence-electron chi connectivity index (χ2n) is 8.68. The molecule has 3 N–H and O–H groups in total. The second kappa shape index (κ2) is 10.5. The quantitative estimate of drug-likeness (QED) is 0.584. The van der Waals surface area contributed by atoms with Gasteiger partial charge in [-0.05, 0) is 46.5 Å². The Morgan fingerprint density at radius 1 is 1.10 bits per heavy atom. The first kappa shape index (κ1) is 24.7. The first-order valence-corrected chi connectivity index (χ1v) is 10.2. The van der Waals surface area contributed by atoms with E-state index in [2.05, 4.69) is 10.6 Å². The van der Waals surface area contributed by atoms with Crippen LogP contribution in [0.1, 0.15) is 60.8 Å². The smallest absolute Gasteiger partial charge is 0.408 e. The average molecular weight is 414 g/mol. The Morgan fingerprint density at radius 2 is 1.66 bits per heavy atom. The number of carbonyl (C=O) groups is 4. The first-order chi connectivity index (χ1) is 13.4. The summed E-state index contributed by atoms with van der Waals surface area (Å²) in [5.74, 6) is -2.07. The summed E-state index contributed by atoms with van der Waals surface area (Å²) in [6.07, 6.45) is 0.886. The highest BCUT2D eigenvalue weighted by Gasteiger charge is 2.33. The Kier molecular flexibility index (Phi) is 8.91. The summed E-state index contributed by atoms with van der Waals surface area (Å²) in [4.78, 5) is 49.9. The number of ether oxygens (including phenoxy) is 1. The zero-order chi connectivity index (χ0) is 22.4. The van der Waals surface area contributed by atoms with E-state index in [0.717, 1.165) is 0 Å². The monoisotopic (exact) mass is 413 g/mol. The SMILES string of the molecule is CCC(C)C(NC(=O)C1CCN(C(=O)C(C)NC(=O)OC(C)(C)C)CC1)C(=O)O. The minimum absolute atomic E-state index is 0.169. The highest BCUT2D eigenvalue weighted by Crippen LogP contribution is 2.19. The third-order valence-electron chi connectivity index (χ3n) is 5.06. The van der Waals surface area contributed by atoms with Crippen molar-refractivity contribution in [2.45, 2.75) is 78.5 Å².